The average molecular weight is 263 g/mol. The van der Waals surface area contributed by atoms with E-state index in [9.17, 15) is 0 Å². The lowest BCUT2D eigenvalue weighted by Crippen LogP contribution is -2.62. The molecule has 1 aliphatic carbocycles. The van der Waals surface area contributed by atoms with Crippen molar-refractivity contribution in [3.63, 3.8) is 0 Å². The van der Waals surface area contributed by atoms with Crippen LogP contribution in [0.25, 0.3) is 0 Å². The van der Waals surface area contributed by atoms with Gasteiger partial charge in [0, 0.05) is 24.7 Å². The van der Waals surface area contributed by atoms with Crippen molar-refractivity contribution in [3.05, 3.63) is 17.3 Å². The van der Waals surface area contributed by atoms with E-state index >= 15 is 0 Å². The molecular weight excluding hydrogens is 238 g/mol. The third-order valence-electron chi connectivity index (χ3n) is 4.85. The molecule has 4 heteroatoms. The molecule has 0 amide bonds. The molecule has 0 spiro atoms. The second kappa shape index (κ2) is 4.60. The van der Waals surface area contributed by atoms with Gasteiger partial charge in [-0.3, -0.25) is 4.90 Å². The van der Waals surface area contributed by atoms with E-state index in [-0.39, 0.29) is 5.54 Å². The summed E-state index contributed by atoms with van der Waals surface area (Å²) in [6.07, 6.45) is 2.76. The van der Waals surface area contributed by atoms with Gasteiger partial charge >= 0.3 is 0 Å². The quantitative estimate of drug-likeness (QED) is 0.908. The highest BCUT2D eigenvalue weighted by atomic mass is 16.4. The molecule has 2 unspecified atom stereocenters. The molecule has 1 N–H and O–H groups in total. The SMILES string of the molecule is Cc1nc(CN2CC(C)(C3CC3)NCC2C)oc1C. The van der Waals surface area contributed by atoms with Crippen LogP contribution < -0.4 is 5.32 Å². The van der Waals surface area contributed by atoms with Gasteiger partial charge in [-0.1, -0.05) is 0 Å². The Kier molecular flexibility index (Phi) is 3.18. The largest absolute Gasteiger partial charge is 0.444 e. The van der Waals surface area contributed by atoms with Gasteiger partial charge in [0.25, 0.3) is 0 Å². The zero-order valence-electron chi connectivity index (χ0n) is 12.5. The van der Waals surface area contributed by atoms with Crippen LogP contribution in [0.3, 0.4) is 0 Å². The Morgan fingerprint density at radius 1 is 1.42 bits per heavy atom. The molecule has 3 rings (SSSR count). The molecule has 2 heterocycles. The van der Waals surface area contributed by atoms with Gasteiger partial charge in [0.15, 0.2) is 0 Å². The minimum Gasteiger partial charge on any atom is -0.444 e. The van der Waals surface area contributed by atoms with Gasteiger partial charge in [0.2, 0.25) is 5.89 Å². The summed E-state index contributed by atoms with van der Waals surface area (Å²) in [4.78, 5) is 7.03. The van der Waals surface area contributed by atoms with Crippen LogP contribution in [0, 0.1) is 19.8 Å². The second-order valence-corrected chi connectivity index (χ2v) is 6.58. The molecule has 1 aromatic heterocycles. The number of hydrogen-bond acceptors (Lipinski definition) is 4. The molecule has 4 nitrogen and oxygen atoms in total. The van der Waals surface area contributed by atoms with Crippen LogP contribution in [0.2, 0.25) is 0 Å². The summed E-state index contributed by atoms with van der Waals surface area (Å²) in [7, 11) is 0. The summed E-state index contributed by atoms with van der Waals surface area (Å²) in [5, 5.41) is 3.75. The highest BCUT2D eigenvalue weighted by Crippen LogP contribution is 2.41. The van der Waals surface area contributed by atoms with Crippen molar-refractivity contribution in [1.82, 2.24) is 15.2 Å². The normalized spacial score (nSPS) is 32.7. The monoisotopic (exact) mass is 263 g/mol. The number of nitrogens with zero attached hydrogens (tertiary/aromatic N) is 2. The Bertz CT molecular complexity index is 446. The summed E-state index contributed by atoms with van der Waals surface area (Å²) in [5.41, 5.74) is 1.30. The number of aromatic nitrogens is 1. The number of hydrogen-bond donors (Lipinski definition) is 1. The van der Waals surface area contributed by atoms with E-state index in [1.807, 2.05) is 13.8 Å². The van der Waals surface area contributed by atoms with E-state index < -0.39 is 0 Å². The summed E-state index contributed by atoms with van der Waals surface area (Å²) in [5.74, 6) is 2.67. The van der Waals surface area contributed by atoms with Crippen LogP contribution in [-0.4, -0.2) is 34.6 Å². The van der Waals surface area contributed by atoms with E-state index in [0.717, 1.165) is 42.9 Å². The lowest BCUT2D eigenvalue weighted by atomic mass is 9.91. The van der Waals surface area contributed by atoms with Crippen molar-refractivity contribution >= 4 is 0 Å². The fourth-order valence-corrected chi connectivity index (χ4v) is 3.13. The van der Waals surface area contributed by atoms with Crippen molar-refractivity contribution in [3.8, 4) is 0 Å². The molecule has 2 aliphatic rings. The van der Waals surface area contributed by atoms with Crippen LogP contribution in [0.15, 0.2) is 4.42 Å². The summed E-state index contributed by atoms with van der Waals surface area (Å²) < 4.78 is 5.74. The van der Waals surface area contributed by atoms with Gasteiger partial charge in [-0.05, 0) is 46.5 Å². The van der Waals surface area contributed by atoms with Gasteiger partial charge in [-0.2, -0.15) is 0 Å². The minimum atomic E-state index is 0.281. The van der Waals surface area contributed by atoms with Crippen molar-refractivity contribution in [2.45, 2.75) is 58.7 Å². The predicted molar refractivity (Wildman–Crippen MR) is 75.0 cm³/mol. The van der Waals surface area contributed by atoms with E-state index in [0.29, 0.717) is 6.04 Å². The van der Waals surface area contributed by atoms with E-state index in [1.165, 1.54) is 12.8 Å². The fourth-order valence-electron chi connectivity index (χ4n) is 3.13. The number of rotatable bonds is 3. The number of nitrogens with one attached hydrogen (secondary N) is 1. The fraction of sp³-hybridized carbons (Fsp3) is 0.800. The molecule has 0 aromatic carbocycles. The summed E-state index contributed by atoms with van der Waals surface area (Å²) >= 11 is 0. The molecule has 1 saturated heterocycles. The lowest BCUT2D eigenvalue weighted by molar-refractivity contribution is 0.0695. The molecule has 2 fully saturated rings. The van der Waals surface area contributed by atoms with Gasteiger partial charge < -0.3 is 9.73 Å². The first-order valence-corrected chi connectivity index (χ1v) is 7.40. The van der Waals surface area contributed by atoms with Gasteiger partial charge in [0.05, 0.1) is 12.2 Å². The number of oxazole rings is 1. The van der Waals surface area contributed by atoms with Crippen molar-refractivity contribution < 1.29 is 4.42 Å². The topological polar surface area (TPSA) is 41.3 Å². The maximum absolute atomic E-state index is 5.74. The van der Waals surface area contributed by atoms with E-state index in [1.54, 1.807) is 0 Å². The van der Waals surface area contributed by atoms with E-state index in [4.69, 9.17) is 4.42 Å². The standard InChI is InChI=1S/C15H25N3O/c1-10-7-16-15(4,13-5-6-13)9-18(10)8-14-17-11(2)12(3)19-14/h10,13,16H,5-9H2,1-4H3. The van der Waals surface area contributed by atoms with Crippen LogP contribution in [0.1, 0.15) is 44.0 Å². The highest BCUT2D eigenvalue weighted by Gasteiger charge is 2.45. The minimum absolute atomic E-state index is 0.281. The van der Waals surface area contributed by atoms with Crippen LogP contribution >= 0.6 is 0 Å². The van der Waals surface area contributed by atoms with Crippen molar-refractivity contribution in [2.75, 3.05) is 13.1 Å². The Hall–Kier alpha value is -0.870. The number of aryl methyl sites for hydroxylation is 2. The Labute approximate surface area is 115 Å². The molecule has 1 saturated carbocycles. The third-order valence-corrected chi connectivity index (χ3v) is 4.85. The molecule has 1 aliphatic heterocycles. The maximum atomic E-state index is 5.74. The lowest BCUT2D eigenvalue weighted by Gasteiger charge is -2.45. The van der Waals surface area contributed by atoms with Gasteiger partial charge in [0.1, 0.15) is 5.76 Å². The first kappa shape index (κ1) is 13.1. The van der Waals surface area contributed by atoms with E-state index in [2.05, 4.69) is 29.0 Å². The maximum Gasteiger partial charge on any atom is 0.208 e. The Balaban J connectivity index is 1.71. The summed E-state index contributed by atoms with van der Waals surface area (Å²) in [6.45, 7) is 11.6. The van der Waals surface area contributed by atoms with Crippen molar-refractivity contribution in [2.24, 2.45) is 5.92 Å². The number of piperazine rings is 1. The zero-order chi connectivity index (χ0) is 13.6. The highest BCUT2D eigenvalue weighted by molar-refractivity contribution is 5.07. The van der Waals surface area contributed by atoms with Crippen molar-refractivity contribution in [1.29, 1.82) is 0 Å². The molecule has 106 valence electrons. The van der Waals surface area contributed by atoms with Gasteiger partial charge in [-0.25, -0.2) is 4.98 Å². The molecule has 0 radical (unpaired) electrons. The van der Waals surface area contributed by atoms with Gasteiger partial charge in [-0.15, -0.1) is 0 Å². The first-order valence-electron chi connectivity index (χ1n) is 7.40. The molecule has 0 bridgehead atoms. The van der Waals surface area contributed by atoms with Crippen LogP contribution in [0.5, 0.6) is 0 Å². The smallest absolute Gasteiger partial charge is 0.208 e. The first-order chi connectivity index (χ1) is 8.98. The molecular formula is C15H25N3O. The molecule has 2 atom stereocenters. The third kappa shape index (κ3) is 2.56. The average Bonchev–Trinajstić information content (AvgIpc) is 3.14. The second-order valence-electron chi connectivity index (χ2n) is 6.58. The van der Waals surface area contributed by atoms with Crippen LogP contribution in [0.4, 0.5) is 0 Å². The predicted octanol–water partition coefficient (Wildman–Crippen LogP) is 2.25. The zero-order valence-corrected chi connectivity index (χ0v) is 12.5. The molecule has 19 heavy (non-hydrogen) atoms. The van der Waals surface area contributed by atoms with Crippen LogP contribution in [-0.2, 0) is 6.54 Å². The Morgan fingerprint density at radius 3 is 2.74 bits per heavy atom. The summed E-state index contributed by atoms with van der Waals surface area (Å²) in [6, 6.07) is 0.541. The molecule has 1 aromatic rings. The Morgan fingerprint density at radius 2 is 2.16 bits per heavy atom.